The number of nitrogens with zero attached hydrogens (tertiary/aromatic N) is 1. The van der Waals surface area contributed by atoms with Crippen LogP contribution in [0.4, 0.5) is 5.69 Å². The Balaban J connectivity index is 1.47. The second-order valence-corrected chi connectivity index (χ2v) is 12.1. The number of aryl methyl sites for hydroxylation is 1. The number of morpholine rings is 1. The number of rotatable bonds is 6. The Hall–Kier alpha value is -2.75. The topological polar surface area (TPSA) is 75.7 Å². The van der Waals surface area contributed by atoms with Crippen molar-refractivity contribution in [3.05, 3.63) is 93.3 Å². The average molecular weight is 541 g/mol. The van der Waals surface area contributed by atoms with Crippen LogP contribution in [0.5, 0.6) is 0 Å². The first-order valence-electron chi connectivity index (χ1n) is 11.6. The molecule has 0 atom stereocenters. The van der Waals surface area contributed by atoms with E-state index >= 15 is 0 Å². The van der Waals surface area contributed by atoms with E-state index in [2.05, 4.69) is 29.6 Å². The van der Waals surface area contributed by atoms with Gasteiger partial charge in [-0.3, -0.25) is 4.79 Å². The van der Waals surface area contributed by atoms with Gasteiger partial charge in [0.2, 0.25) is 10.0 Å². The lowest BCUT2D eigenvalue weighted by Gasteiger charge is -2.26. The maximum atomic E-state index is 13.5. The maximum Gasteiger partial charge on any atom is 0.266 e. The minimum atomic E-state index is -3.73. The summed E-state index contributed by atoms with van der Waals surface area (Å²) in [4.78, 5) is 14.2. The van der Waals surface area contributed by atoms with Gasteiger partial charge in [-0.25, -0.2) is 8.42 Å². The van der Waals surface area contributed by atoms with Gasteiger partial charge in [-0.1, -0.05) is 59.6 Å². The van der Waals surface area contributed by atoms with Crippen molar-refractivity contribution in [2.24, 2.45) is 0 Å². The summed E-state index contributed by atoms with van der Waals surface area (Å²) in [6, 6.07) is 20.6. The molecule has 0 unspecified atom stereocenters. The van der Waals surface area contributed by atoms with Crippen LogP contribution in [0.25, 0.3) is 10.1 Å². The number of halogens is 1. The summed E-state index contributed by atoms with van der Waals surface area (Å²) in [5, 5.41) is 4.17. The van der Waals surface area contributed by atoms with Crippen molar-refractivity contribution >= 4 is 54.6 Å². The van der Waals surface area contributed by atoms with Crippen molar-refractivity contribution < 1.29 is 17.9 Å². The number of sulfonamides is 1. The van der Waals surface area contributed by atoms with Crippen LogP contribution < -0.4 is 5.32 Å². The molecule has 4 aromatic rings. The van der Waals surface area contributed by atoms with Gasteiger partial charge < -0.3 is 10.1 Å². The summed E-state index contributed by atoms with van der Waals surface area (Å²) in [5.74, 6) is -0.318. The van der Waals surface area contributed by atoms with E-state index in [9.17, 15) is 13.2 Å². The van der Waals surface area contributed by atoms with Crippen molar-refractivity contribution in [2.45, 2.75) is 18.2 Å². The lowest BCUT2D eigenvalue weighted by molar-refractivity contribution is 0.0730. The molecule has 36 heavy (non-hydrogen) atoms. The zero-order chi connectivity index (χ0) is 25.3. The van der Waals surface area contributed by atoms with E-state index in [0.29, 0.717) is 24.5 Å². The zero-order valence-corrected chi connectivity index (χ0v) is 22.0. The summed E-state index contributed by atoms with van der Waals surface area (Å²) in [5.41, 5.74) is 3.48. The largest absolute Gasteiger partial charge is 0.379 e. The number of carbonyl (C=O) groups excluding carboxylic acids is 1. The predicted molar refractivity (Wildman–Crippen MR) is 145 cm³/mol. The minimum absolute atomic E-state index is 0.0836. The highest BCUT2D eigenvalue weighted by Crippen LogP contribution is 2.35. The number of amides is 1. The lowest BCUT2D eigenvalue weighted by Crippen LogP contribution is -2.40. The number of anilines is 1. The molecule has 0 spiro atoms. The Morgan fingerprint density at radius 2 is 1.78 bits per heavy atom. The second kappa shape index (κ2) is 10.3. The van der Waals surface area contributed by atoms with Gasteiger partial charge in [0, 0.05) is 17.8 Å². The molecular weight excluding hydrogens is 516 g/mol. The second-order valence-electron chi connectivity index (χ2n) is 8.68. The van der Waals surface area contributed by atoms with Gasteiger partial charge in [-0.05, 0) is 54.1 Å². The van der Waals surface area contributed by atoms with Crippen LogP contribution in [0.15, 0.2) is 71.6 Å². The van der Waals surface area contributed by atoms with Gasteiger partial charge in [0.15, 0.2) is 0 Å². The molecule has 1 aliphatic heterocycles. The molecule has 0 radical (unpaired) electrons. The van der Waals surface area contributed by atoms with E-state index in [1.54, 1.807) is 0 Å². The van der Waals surface area contributed by atoms with Crippen LogP contribution in [0.3, 0.4) is 0 Å². The number of fused-ring (bicyclic) bond motifs is 1. The van der Waals surface area contributed by atoms with Crippen LogP contribution in [-0.2, 0) is 21.2 Å². The quantitative estimate of drug-likeness (QED) is 0.339. The molecule has 1 saturated heterocycles. The monoisotopic (exact) mass is 540 g/mol. The standard InChI is InChI=1S/C27H25ClN2O4S2/c1-18-6-8-19(9-7-18)16-22-21-4-2-3-5-25(21)35-26(22)27(31)29-24-17-20(10-11-23(24)28)36(32,33)30-12-14-34-15-13-30/h2-11,17H,12-16H2,1H3,(H,29,31). The number of benzene rings is 3. The fourth-order valence-electron chi connectivity index (χ4n) is 4.24. The molecule has 1 amide bonds. The Bertz CT molecular complexity index is 1530. The fourth-order valence-corrected chi connectivity index (χ4v) is 6.96. The number of hydrogen-bond donors (Lipinski definition) is 1. The van der Waals surface area contributed by atoms with E-state index in [-0.39, 0.29) is 34.6 Å². The summed E-state index contributed by atoms with van der Waals surface area (Å²) in [6.07, 6.45) is 0.603. The van der Waals surface area contributed by atoms with E-state index in [1.165, 1.54) is 39.4 Å². The van der Waals surface area contributed by atoms with Crippen LogP contribution >= 0.6 is 22.9 Å². The highest BCUT2D eigenvalue weighted by Gasteiger charge is 2.27. The van der Waals surface area contributed by atoms with Crippen LogP contribution in [-0.4, -0.2) is 44.9 Å². The molecule has 9 heteroatoms. The molecular formula is C27H25ClN2O4S2. The van der Waals surface area contributed by atoms with Crippen LogP contribution in [0.1, 0.15) is 26.4 Å². The van der Waals surface area contributed by atoms with Crippen molar-refractivity contribution in [2.75, 3.05) is 31.6 Å². The Labute approximate surface area is 219 Å². The molecule has 0 saturated carbocycles. The van der Waals surface area contributed by atoms with E-state index < -0.39 is 10.0 Å². The SMILES string of the molecule is Cc1ccc(Cc2c(C(=O)Nc3cc(S(=O)(=O)N4CCOCC4)ccc3Cl)sc3ccccc23)cc1. The summed E-state index contributed by atoms with van der Waals surface area (Å²) in [6.45, 7) is 3.32. The van der Waals surface area contributed by atoms with Crippen molar-refractivity contribution in [3.63, 3.8) is 0 Å². The third-order valence-electron chi connectivity index (χ3n) is 6.20. The molecule has 1 aliphatic rings. The van der Waals surface area contributed by atoms with E-state index in [4.69, 9.17) is 16.3 Å². The molecule has 186 valence electrons. The summed E-state index contributed by atoms with van der Waals surface area (Å²) < 4.78 is 33.9. The molecule has 5 rings (SSSR count). The normalized spacial score (nSPS) is 14.7. The average Bonchev–Trinajstić information content (AvgIpc) is 3.25. The van der Waals surface area contributed by atoms with E-state index in [1.807, 2.05) is 31.2 Å². The van der Waals surface area contributed by atoms with Gasteiger partial charge in [0.05, 0.1) is 33.7 Å². The van der Waals surface area contributed by atoms with Gasteiger partial charge >= 0.3 is 0 Å². The molecule has 0 aliphatic carbocycles. The number of nitrogens with one attached hydrogen (secondary N) is 1. The highest BCUT2D eigenvalue weighted by atomic mass is 35.5. The van der Waals surface area contributed by atoms with Gasteiger partial charge in [-0.2, -0.15) is 4.31 Å². The van der Waals surface area contributed by atoms with Crippen molar-refractivity contribution in [1.82, 2.24) is 4.31 Å². The lowest BCUT2D eigenvalue weighted by atomic mass is 10.0. The number of ether oxygens (including phenoxy) is 1. The Kier molecular flexibility index (Phi) is 7.14. The molecule has 0 bridgehead atoms. The third kappa shape index (κ3) is 5.05. The predicted octanol–water partition coefficient (Wildman–Crippen LogP) is 5.73. The maximum absolute atomic E-state index is 13.5. The Morgan fingerprint density at radius 3 is 2.53 bits per heavy atom. The molecule has 1 aromatic heterocycles. The molecule has 2 heterocycles. The first-order valence-corrected chi connectivity index (χ1v) is 14.2. The van der Waals surface area contributed by atoms with Gasteiger partial charge in [0.25, 0.3) is 5.91 Å². The first kappa shape index (κ1) is 24.9. The van der Waals surface area contributed by atoms with E-state index in [0.717, 1.165) is 21.2 Å². The third-order valence-corrected chi connectivity index (χ3v) is 9.64. The smallest absolute Gasteiger partial charge is 0.266 e. The van der Waals surface area contributed by atoms with Crippen LogP contribution in [0.2, 0.25) is 5.02 Å². The van der Waals surface area contributed by atoms with Gasteiger partial charge in [-0.15, -0.1) is 11.3 Å². The molecule has 6 nitrogen and oxygen atoms in total. The zero-order valence-electron chi connectivity index (χ0n) is 19.7. The Morgan fingerprint density at radius 1 is 1.06 bits per heavy atom. The first-order chi connectivity index (χ1) is 17.3. The summed E-state index contributed by atoms with van der Waals surface area (Å²) in [7, 11) is -3.73. The highest BCUT2D eigenvalue weighted by molar-refractivity contribution is 7.89. The summed E-state index contributed by atoms with van der Waals surface area (Å²) >= 11 is 7.80. The molecule has 1 N–H and O–H groups in total. The van der Waals surface area contributed by atoms with Gasteiger partial charge in [0.1, 0.15) is 0 Å². The van der Waals surface area contributed by atoms with Crippen molar-refractivity contribution in [1.29, 1.82) is 0 Å². The number of thiophene rings is 1. The molecule has 3 aromatic carbocycles. The fraction of sp³-hybridized carbons (Fsp3) is 0.222. The van der Waals surface area contributed by atoms with Crippen LogP contribution in [0, 0.1) is 6.92 Å². The molecule has 1 fully saturated rings. The number of hydrogen-bond acceptors (Lipinski definition) is 5. The minimum Gasteiger partial charge on any atom is -0.379 e. The number of carbonyl (C=O) groups is 1. The van der Waals surface area contributed by atoms with Crippen molar-refractivity contribution in [3.8, 4) is 0 Å².